The maximum atomic E-state index is 12.5. The van der Waals surface area contributed by atoms with Crippen LogP contribution >= 0.6 is 0 Å². The number of hydrogen-bond acceptors (Lipinski definition) is 4. The van der Waals surface area contributed by atoms with E-state index in [1.807, 2.05) is 39.0 Å². The molecule has 6 heteroatoms. The Labute approximate surface area is 129 Å². The van der Waals surface area contributed by atoms with Crippen LogP contribution in [0.1, 0.15) is 34.2 Å². The fourth-order valence-corrected chi connectivity index (χ4v) is 2.39. The lowest BCUT2D eigenvalue weighted by Gasteiger charge is -2.09. The summed E-state index contributed by atoms with van der Waals surface area (Å²) in [5.41, 5.74) is 9.51. The van der Waals surface area contributed by atoms with Gasteiger partial charge in [-0.1, -0.05) is 23.4 Å². The Balaban J connectivity index is 2.49. The fourth-order valence-electron chi connectivity index (χ4n) is 2.39. The number of carbonyl (C=O) groups is 1. The number of rotatable bonds is 3. The quantitative estimate of drug-likeness (QED) is 0.672. The first kappa shape index (κ1) is 15.8. The third-order valence-corrected chi connectivity index (χ3v) is 3.38. The lowest BCUT2D eigenvalue weighted by Crippen LogP contribution is -2.37. The van der Waals surface area contributed by atoms with E-state index in [-0.39, 0.29) is 11.9 Å². The lowest BCUT2D eigenvalue weighted by atomic mass is 9.96. The zero-order chi connectivity index (χ0) is 16.3. The summed E-state index contributed by atoms with van der Waals surface area (Å²) in [4.78, 5) is 16.4. The van der Waals surface area contributed by atoms with Gasteiger partial charge in [-0.2, -0.15) is 0 Å². The van der Waals surface area contributed by atoms with Gasteiger partial charge in [-0.15, -0.1) is 0 Å². The van der Waals surface area contributed by atoms with E-state index in [9.17, 15) is 4.79 Å². The van der Waals surface area contributed by atoms with E-state index >= 15 is 0 Å². The van der Waals surface area contributed by atoms with Gasteiger partial charge >= 0.3 is 0 Å². The van der Waals surface area contributed by atoms with Crippen LogP contribution in [-0.4, -0.2) is 23.6 Å². The summed E-state index contributed by atoms with van der Waals surface area (Å²) in [5.74, 6) is 0.158. The summed E-state index contributed by atoms with van der Waals surface area (Å²) in [6, 6.07) is 5.91. The molecule has 0 bridgehead atoms. The van der Waals surface area contributed by atoms with Crippen LogP contribution in [0.15, 0.2) is 27.7 Å². The molecule has 1 heterocycles. The number of aliphatic imine (C=N–C) groups is 1. The van der Waals surface area contributed by atoms with Crippen molar-refractivity contribution in [2.75, 3.05) is 6.54 Å². The van der Waals surface area contributed by atoms with E-state index in [2.05, 4.69) is 15.5 Å². The van der Waals surface area contributed by atoms with Crippen molar-refractivity contribution in [1.82, 2.24) is 10.5 Å². The molecule has 1 aromatic heterocycles. The first-order chi connectivity index (χ1) is 10.5. The highest BCUT2D eigenvalue weighted by Gasteiger charge is 2.24. The first-order valence-electron chi connectivity index (χ1n) is 7.09. The standard InChI is InChI=1S/C16H20N4O2/c1-5-18-16(17)19-15(21)13-11(4)22-20-14(13)12-9(2)7-6-8-10(12)3/h6-8H,5H2,1-4H3,(H3,17,18,19,21). The Hall–Kier alpha value is -2.63. The first-order valence-corrected chi connectivity index (χ1v) is 7.09. The largest absolute Gasteiger partial charge is 0.370 e. The SMILES string of the molecule is CCN=C(N)NC(=O)c1c(-c2c(C)cccc2C)noc1C. The monoisotopic (exact) mass is 300 g/mol. The highest BCUT2D eigenvalue weighted by atomic mass is 16.5. The molecule has 2 rings (SSSR count). The number of benzene rings is 1. The molecule has 0 fully saturated rings. The number of nitrogens with two attached hydrogens (primary N) is 1. The Morgan fingerprint density at radius 1 is 1.32 bits per heavy atom. The van der Waals surface area contributed by atoms with Crippen molar-refractivity contribution >= 4 is 11.9 Å². The van der Waals surface area contributed by atoms with E-state index in [0.29, 0.717) is 23.6 Å². The Kier molecular flexibility index (Phi) is 4.60. The van der Waals surface area contributed by atoms with Gasteiger partial charge in [0.2, 0.25) is 0 Å². The summed E-state index contributed by atoms with van der Waals surface area (Å²) in [7, 11) is 0. The minimum Gasteiger partial charge on any atom is -0.370 e. The third-order valence-electron chi connectivity index (χ3n) is 3.38. The van der Waals surface area contributed by atoms with Gasteiger partial charge in [0.05, 0.1) is 0 Å². The molecular formula is C16H20N4O2. The molecule has 0 saturated heterocycles. The second-order valence-corrected chi connectivity index (χ2v) is 5.04. The average molecular weight is 300 g/mol. The van der Waals surface area contributed by atoms with Crippen molar-refractivity contribution in [1.29, 1.82) is 0 Å². The molecule has 0 radical (unpaired) electrons. The van der Waals surface area contributed by atoms with E-state index in [1.165, 1.54) is 0 Å². The molecule has 3 N–H and O–H groups in total. The average Bonchev–Trinajstić information content (AvgIpc) is 2.80. The molecule has 0 unspecified atom stereocenters. The second-order valence-electron chi connectivity index (χ2n) is 5.04. The maximum Gasteiger partial charge on any atom is 0.263 e. The fraction of sp³-hybridized carbons (Fsp3) is 0.312. The van der Waals surface area contributed by atoms with Crippen LogP contribution in [0.2, 0.25) is 0 Å². The van der Waals surface area contributed by atoms with Gasteiger partial charge in [0.1, 0.15) is 17.0 Å². The molecule has 22 heavy (non-hydrogen) atoms. The van der Waals surface area contributed by atoms with E-state index in [0.717, 1.165) is 16.7 Å². The Morgan fingerprint density at radius 3 is 2.55 bits per heavy atom. The number of amides is 1. The van der Waals surface area contributed by atoms with Crippen molar-refractivity contribution in [3.63, 3.8) is 0 Å². The predicted molar refractivity (Wildman–Crippen MR) is 85.8 cm³/mol. The van der Waals surface area contributed by atoms with E-state index in [1.54, 1.807) is 6.92 Å². The Bertz CT molecular complexity index is 711. The van der Waals surface area contributed by atoms with Crippen LogP contribution in [0.4, 0.5) is 0 Å². The van der Waals surface area contributed by atoms with Crippen LogP contribution in [0.3, 0.4) is 0 Å². The van der Waals surface area contributed by atoms with Crippen LogP contribution in [-0.2, 0) is 0 Å². The molecule has 2 aromatic rings. The van der Waals surface area contributed by atoms with Gasteiger partial charge < -0.3 is 10.3 Å². The molecule has 0 aliphatic carbocycles. The van der Waals surface area contributed by atoms with Crippen molar-refractivity contribution in [3.8, 4) is 11.3 Å². The number of carbonyl (C=O) groups excluding carboxylic acids is 1. The number of nitrogens with one attached hydrogen (secondary N) is 1. The Morgan fingerprint density at radius 2 is 1.95 bits per heavy atom. The minimum atomic E-state index is -0.369. The smallest absolute Gasteiger partial charge is 0.263 e. The van der Waals surface area contributed by atoms with Crippen molar-refractivity contribution in [3.05, 3.63) is 40.6 Å². The zero-order valence-electron chi connectivity index (χ0n) is 13.2. The number of aromatic nitrogens is 1. The molecule has 116 valence electrons. The molecule has 0 atom stereocenters. The van der Waals surface area contributed by atoms with Gasteiger partial charge in [0.25, 0.3) is 5.91 Å². The molecule has 1 aromatic carbocycles. The third kappa shape index (κ3) is 3.00. The van der Waals surface area contributed by atoms with Crippen molar-refractivity contribution < 1.29 is 9.32 Å². The molecule has 0 aliphatic rings. The van der Waals surface area contributed by atoms with Gasteiger partial charge in [0, 0.05) is 12.1 Å². The number of guanidine groups is 1. The lowest BCUT2D eigenvalue weighted by molar-refractivity contribution is 0.0975. The predicted octanol–water partition coefficient (Wildman–Crippen LogP) is 2.33. The number of aryl methyl sites for hydroxylation is 3. The van der Waals surface area contributed by atoms with Crippen molar-refractivity contribution in [2.24, 2.45) is 10.7 Å². The van der Waals surface area contributed by atoms with Crippen LogP contribution in [0.25, 0.3) is 11.3 Å². The van der Waals surface area contributed by atoms with Gasteiger partial charge in [0.15, 0.2) is 5.96 Å². The summed E-state index contributed by atoms with van der Waals surface area (Å²) in [6.45, 7) is 7.98. The van der Waals surface area contributed by atoms with Gasteiger partial charge in [-0.25, -0.2) is 0 Å². The van der Waals surface area contributed by atoms with Crippen LogP contribution in [0, 0.1) is 20.8 Å². The summed E-state index contributed by atoms with van der Waals surface area (Å²) in [6.07, 6.45) is 0. The maximum absolute atomic E-state index is 12.5. The summed E-state index contributed by atoms with van der Waals surface area (Å²) < 4.78 is 5.23. The highest BCUT2D eigenvalue weighted by molar-refractivity contribution is 6.09. The summed E-state index contributed by atoms with van der Waals surface area (Å²) in [5, 5.41) is 6.63. The summed E-state index contributed by atoms with van der Waals surface area (Å²) >= 11 is 0. The highest BCUT2D eigenvalue weighted by Crippen LogP contribution is 2.30. The minimum absolute atomic E-state index is 0.0838. The molecule has 6 nitrogen and oxygen atoms in total. The number of hydrogen-bond donors (Lipinski definition) is 2. The van der Waals surface area contributed by atoms with Gasteiger partial charge in [-0.3, -0.25) is 15.1 Å². The van der Waals surface area contributed by atoms with Crippen LogP contribution in [0.5, 0.6) is 0 Å². The van der Waals surface area contributed by atoms with E-state index in [4.69, 9.17) is 10.3 Å². The van der Waals surface area contributed by atoms with Crippen molar-refractivity contribution in [2.45, 2.75) is 27.7 Å². The number of nitrogens with zero attached hydrogens (tertiary/aromatic N) is 2. The van der Waals surface area contributed by atoms with Crippen LogP contribution < -0.4 is 11.1 Å². The second kappa shape index (κ2) is 6.43. The molecule has 0 aliphatic heterocycles. The normalized spacial score (nSPS) is 11.5. The molecule has 0 spiro atoms. The molecule has 1 amide bonds. The van der Waals surface area contributed by atoms with Gasteiger partial charge in [-0.05, 0) is 38.8 Å². The zero-order valence-corrected chi connectivity index (χ0v) is 13.2. The molecular weight excluding hydrogens is 280 g/mol. The molecule has 0 saturated carbocycles. The van der Waals surface area contributed by atoms with E-state index < -0.39 is 0 Å². The topological polar surface area (TPSA) is 93.5 Å².